The average Bonchev–Trinajstić information content (AvgIpc) is 2.99. The lowest BCUT2D eigenvalue weighted by molar-refractivity contribution is -0.132. The summed E-state index contributed by atoms with van der Waals surface area (Å²) in [6, 6.07) is 5.04. The van der Waals surface area contributed by atoms with Gasteiger partial charge in [-0.2, -0.15) is 0 Å². The normalized spacial score (nSPS) is 14.1. The molecule has 0 bridgehead atoms. The summed E-state index contributed by atoms with van der Waals surface area (Å²) < 4.78 is 1.18. The van der Waals surface area contributed by atoms with E-state index in [1.807, 2.05) is 0 Å². The highest BCUT2D eigenvalue weighted by atomic mass is 35.5. The molecular formula is C19H22Cl2N4O4. The molecule has 1 aromatic carbocycles. The second-order valence-corrected chi connectivity index (χ2v) is 7.70. The summed E-state index contributed by atoms with van der Waals surface area (Å²) in [5.41, 5.74) is 0.672. The third kappa shape index (κ3) is 4.77. The first-order valence-corrected chi connectivity index (χ1v) is 9.82. The lowest BCUT2D eigenvalue weighted by Gasteiger charge is -2.27. The minimum absolute atomic E-state index is 0.0850. The Balaban J connectivity index is 1.72. The van der Waals surface area contributed by atoms with E-state index in [0.29, 0.717) is 36.2 Å². The fourth-order valence-corrected chi connectivity index (χ4v) is 3.48. The van der Waals surface area contributed by atoms with Crippen molar-refractivity contribution in [3.8, 4) is 11.6 Å². The maximum absolute atomic E-state index is 12.8. The summed E-state index contributed by atoms with van der Waals surface area (Å²) >= 11 is 11.9. The highest BCUT2D eigenvalue weighted by Crippen LogP contribution is 2.32. The van der Waals surface area contributed by atoms with Crippen LogP contribution in [0.15, 0.2) is 24.4 Å². The molecule has 1 aliphatic rings. The average molecular weight is 441 g/mol. The van der Waals surface area contributed by atoms with Crippen LogP contribution in [0.1, 0.15) is 15.9 Å². The van der Waals surface area contributed by atoms with E-state index in [4.69, 9.17) is 23.2 Å². The van der Waals surface area contributed by atoms with Crippen LogP contribution >= 0.6 is 23.2 Å². The Hall–Kier alpha value is -2.42. The Morgan fingerprint density at radius 3 is 2.52 bits per heavy atom. The molecule has 2 heterocycles. The van der Waals surface area contributed by atoms with E-state index in [1.54, 1.807) is 30.1 Å². The highest BCUT2D eigenvalue weighted by molar-refractivity contribution is 6.42. The largest absolute Gasteiger partial charge is 0.503 e. The van der Waals surface area contributed by atoms with Gasteiger partial charge in [0.2, 0.25) is 11.8 Å². The molecular weight excluding hydrogens is 419 g/mol. The monoisotopic (exact) mass is 440 g/mol. The Morgan fingerprint density at radius 1 is 1.17 bits per heavy atom. The van der Waals surface area contributed by atoms with Crippen molar-refractivity contribution >= 4 is 35.0 Å². The predicted molar refractivity (Wildman–Crippen MR) is 109 cm³/mol. The van der Waals surface area contributed by atoms with Gasteiger partial charge in [0.1, 0.15) is 12.1 Å². The third-order valence-electron chi connectivity index (χ3n) is 4.78. The number of hydrogen-bond acceptors (Lipinski definition) is 5. The number of nitrogens with one attached hydrogen (secondary N) is 1. The van der Waals surface area contributed by atoms with Gasteiger partial charge in [0.05, 0.1) is 10.0 Å². The van der Waals surface area contributed by atoms with Crippen molar-refractivity contribution in [2.24, 2.45) is 0 Å². The molecule has 1 aromatic heterocycles. The first-order chi connectivity index (χ1) is 13.8. The van der Waals surface area contributed by atoms with Gasteiger partial charge >= 0.3 is 0 Å². The summed E-state index contributed by atoms with van der Waals surface area (Å²) in [5.74, 6) is -1.76. The summed E-state index contributed by atoms with van der Waals surface area (Å²) in [5, 5.41) is 24.3. The molecule has 0 spiro atoms. The lowest BCUT2D eigenvalue weighted by Crippen LogP contribution is -2.47. The number of aromatic nitrogens is 1. The fourth-order valence-electron chi connectivity index (χ4n) is 3.16. The molecule has 2 aromatic rings. The number of amides is 2. The van der Waals surface area contributed by atoms with E-state index in [0.717, 1.165) is 5.56 Å². The van der Waals surface area contributed by atoms with Crippen LogP contribution < -0.4 is 5.32 Å². The molecule has 0 aliphatic carbocycles. The third-order valence-corrected chi connectivity index (χ3v) is 5.52. The van der Waals surface area contributed by atoms with Crippen LogP contribution in [-0.4, -0.2) is 69.6 Å². The summed E-state index contributed by atoms with van der Waals surface area (Å²) in [6.07, 6.45) is 1.29. The van der Waals surface area contributed by atoms with E-state index < -0.39 is 17.5 Å². The molecule has 156 valence electrons. The zero-order chi connectivity index (χ0) is 21.1. The summed E-state index contributed by atoms with van der Waals surface area (Å²) in [4.78, 5) is 28.2. The molecule has 10 heteroatoms. The SMILES string of the molecule is CN(Cc1ccc(Cl)c(Cl)c1)C(=O)c1cn(CC(=O)N2CCNCC2)c(O)c1O. The van der Waals surface area contributed by atoms with Crippen LogP contribution in [0.3, 0.4) is 0 Å². The Labute approximate surface area is 178 Å². The van der Waals surface area contributed by atoms with Gasteiger partial charge in [-0.25, -0.2) is 0 Å². The molecule has 0 radical (unpaired) electrons. The quantitative estimate of drug-likeness (QED) is 0.659. The predicted octanol–water partition coefficient (Wildman–Crippen LogP) is 1.91. The number of rotatable bonds is 5. The number of halogens is 2. The van der Waals surface area contributed by atoms with Crippen molar-refractivity contribution in [3.63, 3.8) is 0 Å². The van der Waals surface area contributed by atoms with Gasteiger partial charge in [-0.15, -0.1) is 0 Å². The van der Waals surface area contributed by atoms with Gasteiger partial charge < -0.3 is 29.9 Å². The van der Waals surface area contributed by atoms with Crippen LogP contribution in [0.5, 0.6) is 11.6 Å². The van der Waals surface area contributed by atoms with Crippen molar-refractivity contribution < 1.29 is 19.8 Å². The molecule has 0 unspecified atom stereocenters. The number of hydrogen-bond donors (Lipinski definition) is 3. The fraction of sp³-hybridized carbons (Fsp3) is 0.368. The number of nitrogens with zero attached hydrogens (tertiary/aromatic N) is 3. The van der Waals surface area contributed by atoms with E-state index >= 15 is 0 Å². The van der Waals surface area contributed by atoms with E-state index in [9.17, 15) is 19.8 Å². The Morgan fingerprint density at radius 2 is 1.86 bits per heavy atom. The number of benzene rings is 1. The molecule has 3 N–H and O–H groups in total. The zero-order valence-electron chi connectivity index (χ0n) is 15.9. The van der Waals surface area contributed by atoms with Gasteiger partial charge in [0.25, 0.3) is 5.91 Å². The van der Waals surface area contributed by atoms with Gasteiger partial charge in [-0.1, -0.05) is 29.3 Å². The second kappa shape index (κ2) is 8.94. The molecule has 1 saturated heterocycles. The number of piperazine rings is 1. The van der Waals surface area contributed by atoms with Crippen molar-refractivity contribution in [1.82, 2.24) is 19.7 Å². The standard InChI is InChI=1S/C19H22Cl2N4O4/c1-23(9-12-2-3-14(20)15(21)8-12)18(28)13-10-25(19(29)17(13)27)11-16(26)24-6-4-22-5-7-24/h2-3,8,10,22,27,29H,4-7,9,11H2,1H3. The second-order valence-electron chi connectivity index (χ2n) is 6.88. The van der Waals surface area contributed by atoms with Crippen LogP contribution in [0.25, 0.3) is 0 Å². The molecule has 1 fully saturated rings. The van der Waals surface area contributed by atoms with Crippen molar-refractivity contribution in [3.05, 3.63) is 45.6 Å². The van der Waals surface area contributed by atoms with E-state index in [1.165, 1.54) is 15.7 Å². The van der Waals surface area contributed by atoms with Gasteiger partial charge in [-0.3, -0.25) is 9.59 Å². The Bertz CT molecular complexity index is 925. The van der Waals surface area contributed by atoms with Crippen molar-refractivity contribution in [2.75, 3.05) is 33.2 Å². The minimum atomic E-state index is -0.552. The van der Waals surface area contributed by atoms with Gasteiger partial charge in [0.15, 0.2) is 5.75 Å². The van der Waals surface area contributed by atoms with Crippen molar-refractivity contribution in [2.45, 2.75) is 13.1 Å². The number of carbonyl (C=O) groups is 2. The molecule has 0 saturated carbocycles. The zero-order valence-corrected chi connectivity index (χ0v) is 17.4. The van der Waals surface area contributed by atoms with Crippen LogP contribution in [0.4, 0.5) is 0 Å². The van der Waals surface area contributed by atoms with E-state index in [2.05, 4.69) is 5.32 Å². The van der Waals surface area contributed by atoms with E-state index in [-0.39, 0.29) is 24.6 Å². The maximum atomic E-state index is 12.8. The molecule has 0 atom stereocenters. The molecule has 2 amide bonds. The maximum Gasteiger partial charge on any atom is 0.259 e. The van der Waals surface area contributed by atoms with Crippen LogP contribution in [0, 0.1) is 0 Å². The first kappa shape index (κ1) is 21.3. The first-order valence-electron chi connectivity index (χ1n) is 9.07. The summed E-state index contributed by atoms with van der Waals surface area (Å²) in [6.45, 7) is 2.62. The smallest absolute Gasteiger partial charge is 0.259 e. The van der Waals surface area contributed by atoms with Gasteiger partial charge in [0, 0.05) is 46.0 Å². The topological polar surface area (TPSA) is 98.0 Å². The molecule has 1 aliphatic heterocycles. The number of aromatic hydroxyl groups is 2. The van der Waals surface area contributed by atoms with Crippen LogP contribution in [0.2, 0.25) is 10.0 Å². The highest BCUT2D eigenvalue weighted by Gasteiger charge is 2.25. The molecule has 29 heavy (non-hydrogen) atoms. The van der Waals surface area contributed by atoms with Crippen LogP contribution in [-0.2, 0) is 17.9 Å². The lowest BCUT2D eigenvalue weighted by atomic mass is 10.2. The molecule has 8 nitrogen and oxygen atoms in total. The Kier molecular flexibility index (Phi) is 6.56. The van der Waals surface area contributed by atoms with Crippen molar-refractivity contribution in [1.29, 1.82) is 0 Å². The summed E-state index contributed by atoms with van der Waals surface area (Å²) in [7, 11) is 1.56. The number of carbonyl (C=O) groups excluding carboxylic acids is 2. The van der Waals surface area contributed by atoms with Gasteiger partial charge in [-0.05, 0) is 17.7 Å². The molecule has 3 rings (SSSR count). The minimum Gasteiger partial charge on any atom is -0.503 e.